The Hall–Kier alpha value is -1.26. The molecule has 0 aromatic rings. The summed E-state index contributed by atoms with van der Waals surface area (Å²) in [4.78, 5) is 21.5. The molecule has 0 radical (unpaired) electrons. The first-order valence-corrected chi connectivity index (χ1v) is 5.72. The Morgan fingerprint density at radius 3 is 2.81 bits per heavy atom. The number of alkyl carbamates (subject to hydrolysis) is 1. The molecule has 5 nitrogen and oxygen atoms in total. The molecule has 0 saturated carbocycles. The summed E-state index contributed by atoms with van der Waals surface area (Å²) in [5.74, 6) is -0.142. The summed E-state index contributed by atoms with van der Waals surface area (Å²) in [7, 11) is 1.41. The topological polar surface area (TPSA) is 64.6 Å². The van der Waals surface area contributed by atoms with Crippen LogP contribution in [0.3, 0.4) is 0 Å². The Morgan fingerprint density at radius 1 is 1.44 bits per heavy atom. The van der Waals surface area contributed by atoms with E-state index in [2.05, 4.69) is 10.1 Å². The van der Waals surface area contributed by atoms with Gasteiger partial charge in [-0.05, 0) is 12.8 Å². The van der Waals surface area contributed by atoms with Crippen LogP contribution in [0.1, 0.15) is 38.5 Å². The quantitative estimate of drug-likeness (QED) is 0.532. The molecule has 1 rings (SSSR count). The van der Waals surface area contributed by atoms with Crippen LogP contribution in [0.2, 0.25) is 0 Å². The number of carbonyl (C=O) groups is 2. The van der Waals surface area contributed by atoms with Crippen LogP contribution in [0.25, 0.3) is 0 Å². The third kappa shape index (κ3) is 5.00. The van der Waals surface area contributed by atoms with Crippen molar-refractivity contribution in [2.24, 2.45) is 0 Å². The predicted molar refractivity (Wildman–Crippen MR) is 58.0 cm³/mol. The predicted octanol–water partition coefficient (Wildman–Crippen LogP) is 1.61. The molecule has 1 aliphatic heterocycles. The molecule has 0 aromatic heterocycles. The number of nitrogens with one attached hydrogen (secondary N) is 1. The number of esters is 1. The van der Waals surface area contributed by atoms with Crippen LogP contribution in [-0.4, -0.2) is 31.8 Å². The number of unbranched alkanes of at least 4 members (excludes halogenated alkanes) is 3. The van der Waals surface area contributed by atoms with Gasteiger partial charge in [-0.1, -0.05) is 19.3 Å². The van der Waals surface area contributed by atoms with Crippen LogP contribution in [0.4, 0.5) is 4.79 Å². The van der Waals surface area contributed by atoms with Crippen molar-refractivity contribution in [3.63, 3.8) is 0 Å². The second kappa shape index (κ2) is 7.09. The van der Waals surface area contributed by atoms with Crippen LogP contribution in [0, 0.1) is 0 Å². The van der Waals surface area contributed by atoms with Gasteiger partial charge in [-0.2, -0.15) is 0 Å². The molecular formula is C11H19NO4. The van der Waals surface area contributed by atoms with Gasteiger partial charge in [-0.15, -0.1) is 0 Å². The van der Waals surface area contributed by atoms with Crippen molar-refractivity contribution in [2.45, 2.75) is 44.6 Å². The fraction of sp³-hybridized carbons (Fsp3) is 0.818. The van der Waals surface area contributed by atoms with Crippen LogP contribution in [-0.2, 0) is 14.3 Å². The van der Waals surface area contributed by atoms with Gasteiger partial charge in [0, 0.05) is 6.42 Å². The molecule has 1 unspecified atom stereocenters. The Kier molecular flexibility index (Phi) is 5.67. The molecule has 0 bridgehead atoms. The van der Waals surface area contributed by atoms with Gasteiger partial charge in [0.2, 0.25) is 0 Å². The van der Waals surface area contributed by atoms with Crippen molar-refractivity contribution < 1.29 is 19.1 Å². The summed E-state index contributed by atoms with van der Waals surface area (Å²) in [6, 6.07) is 0.174. The van der Waals surface area contributed by atoms with Crippen molar-refractivity contribution in [1.29, 1.82) is 0 Å². The maximum Gasteiger partial charge on any atom is 0.407 e. The number of cyclic esters (lactones) is 1. The second-order valence-electron chi connectivity index (χ2n) is 3.97. The first kappa shape index (κ1) is 12.8. The molecule has 0 aromatic carbocycles. The first-order valence-electron chi connectivity index (χ1n) is 5.72. The lowest BCUT2D eigenvalue weighted by molar-refractivity contribution is -0.140. The number of hydrogen-bond donors (Lipinski definition) is 1. The lowest BCUT2D eigenvalue weighted by Gasteiger charge is -2.06. The molecule has 1 saturated heterocycles. The van der Waals surface area contributed by atoms with Gasteiger partial charge in [0.05, 0.1) is 13.2 Å². The normalized spacial score (nSPS) is 19.1. The number of ether oxygens (including phenoxy) is 2. The zero-order valence-corrected chi connectivity index (χ0v) is 9.66. The fourth-order valence-corrected chi connectivity index (χ4v) is 1.70. The highest BCUT2D eigenvalue weighted by molar-refractivity contribution is 5.69. The molecule has 5 heteroatoms. The van der Waals surface area contributed by atoms with E-state index in [4.69, 9.17) is 4.74 Å². The maximum absolute atomic E-state index is 10.8. The monoisotopic (exact) mass is 229 g/mol. The molecular weight excluding hydrogens is 210 g/mol. The minimum atomic E-state index is -0.310. The summed E-state index contributed by atoms with van der Waals surface area (Å²) in [5.41, 5.74) is 0. The Labute approximate surface area is 95.5 Å². The summed E-state index contributed by atoms with van der Waals surface area (Å²) in [5, 5.41) is 2.74. The van der Waals surface area contributed by atoms with Crippen molar-refractivity contribution in [3.05, 3.63) is 0 Å². The zero-order chi connectivity index (χ0) is 11.8. The number of amides is 1. The Bertz CT molecular complexity index is 242. The van der Waals surface area contributed by atoms with Crippen molar-refractivity contribution in [1.82, 2.24) is 5.32 Å². The minimum absolute atomic E-state index is 0.142. The van der Waals surface area contributed by atoms with E-state index in [0.29, 0.717) is 13.0 Å². The number of hydrogen-bond acceptors (Lipinski definition) is 4. The van der Waals surface area contributed by atoms with Crippen molar-refractivity contribution >= 4 is 12.1 Å². The van der Waals surface area contributed by atoms with Crippen molar-refractivity contribution in [3.8, 4) is 0 Å². The van der Waals surface area contributed by atoms with Crippen LogP contribution < -0.4 is 5.32 Å². The molecule has 16 heavy (non-hydrogen) atoms. The standard InChI is InChI=1S/C11H19NO4/c1-15-10(13)7-5-3-2-4-6-9-8-16-11(14)12-9/h9H,2-8H2,1H3,(H,12,14). The number of rotatable bonds is 7. The molecule has 1 heterocycles. The summed E-state index contributed by atoms with van der Waals surface area (Å²) in [6.45, 7) is 0.487. The van der Waals surface area contributed by atoms with E-state index in [1.165, 1.54) is 7.11 Å². The van der Waals surface area contributed by atoms with Gasteiger partial charge in [0.25, 0.3) is 0 Å². The van der Waals surface area contributed by atoms with Crippen LogP contribution >= 0.6 is 0 Å². The van der Waals surface area contributed by atoms with E-state index in [1.54, 1.807) is 0 Å². The van der Waals surface area contributed by atoms with E-state index in [-0.39, 0.29) is 18.1 Å². The van der Waals surface area contributed by atoms with Crippen molar-refractivity contribution in [2.75, 3.05) is 13.7 Å². The summed E-state index contributed by atoms with van der Waals surface area (Å²) >= 11 is 0. The fourth-order valence-electron chi connectivity index (χ4n) is 1.70. The van der Waals surface area contributed by atoms with Gasteiger partial charge in [0.15, 0.2) is 0 Å². The Balaban J connectivity index is 1.88. The van der Waals surface area contributed by atoms with Crippen LogP contribution in [0.5, 0.6) is 0 Å². The van der Waals surface area contributed by atoms with Crippen LogP contribution in [0.15, 0.2) is 0 Å². The average Bonchev–Trinajstić information content (AvgIpc) is 2.69. The molecule has 0 spiro atoms. The second-order valence-corrected chi connectivity index (χ2v) is 3.97. The van der Waals surface area contributed by atoms with E-state index in [0.717, 1.165) is 32.1 Å². The van der Waals surface area contributed by atoms with E-state index >= 15 is 0 Å². The molecule has 92 valence electrons. The molecule has 1 amide bonds. The minimum Gasteiger partial charge on any atom is -0.469 e. The van der Waals surface area contributed by atoms with E-state index < -0.39 is 0 Å². The zero-order valence-electron chi connectivity index (χ0n) is 9.66. The van der Waals surface area contributed by atoms with Gasteiger partial charge >= 0.3 is 12.1 Å². The van der Waals surface area contributed by atoms with Gasteiger partial charge in [-0.3, -0.25) is 4.79 Å². The number of methoxy groups -OCH3 is 1. The molecule has 1 atom stereocenters. The largest absolute Gasteiger partial charge is 0.469 e. The highest BCUT2D eigenvalue weighted by Crippen LogP contribution is 2.10. The third-order valence-electron chi connectivity index (χ3n) is 2.65. The number of carbonyl (C=O) groups excluding carboxylic acids is 2. The molecule has 1 N–H and O–H groups in total. The van der Waals surface area contributed by atoms with E-state index in [9.17, 15) is 9.59 Å². The SMILES string of the molecule is COC(=O)CCCCCCC1COC(=O)N1. The lowest BCUT2D eigenvalue weighted by atomic mass is 10.1. The smallest absolute Gasteiger partial charge is 0.407 e. The van der Waals surface area contributed by atoms with E-state index in [1.807, 2.05) is 0 Å². The third-order valence-corrected chi connectivity index (χ3v) is 2.65. The van der Waals surface area contributed by atoms with Gasteiger partial charge < -0.3 is 14.8 Å². The molecule has 0 aliphatic carbocycles. The Morgan fingerprint density at radius 2 is 2.19 bits per heavy atom. The highest BCUT2D eigenvalue weighted by atomic mass is 16.6. The first-order chi connectivity index (χ1) is 7.72. The lowest BCUT2D eigenvalue weighted by Crippen LogP contribution is -2.25. The van der Waals surface area contributed by atoms with Gasteiger partial charge in [-0.25, -0.2) is 4.79 Å². The molecule has 1 fully saturated rings. The summed E-state index contributed by atoms with van der Waals surface area (Å²) < 4.78 is 9.33. The summed E-state index contributed by atoms with van der Waals surface area (Å²) in [6.07, 6.45) is 5.16. The average molecular weight is 229 g/mol. The van der Waals surface area contributed by atoms with Gasteiger partial charge in [0.1, 0.15) is 6.61 Å². The maximum atomic E-state index is 10.8. The molecule has 1 aliphatic rings. The highest BCUT2D eigenvalue weighted by Gasteiger charge is 2.20.